The molecule has 3 atom stereocenters. The molecule has 0 radical (unpaired) electrons. The van der Waals surface area contributed by atoms with Crippen LogP contribution in [-0.2, 0) is 25.0 Å². The Morgan fingerprint density at radius 3 is 2.47 bits per heavy atom. The number of hydrogen-bond donors (Lipinski definition) is 2. The van der Waals surface area contributed by atoms with Crippen LogP contribution in [0.2, 0.25) is 10.0 Å². The highest BCUT2D eigenvalue weighted by molar-refractivity contribution is 7.92. The van der Waals surface area contributed by atoms with E-state index in [1.807, 2.05) is 6.07 Å². The third-order valence-electron chi connectivity index (χ3n) is 7.30. The van der Waals surface area contributed by atoms with Crippen LogP contribution in [0.4, 0.5) is 8.78 Å². The minimum absolute atomic E-state index is 0.0279. The Labute approximate surface area is 227 Å². The molecule has 2 saturated heterocycles. The fourth-order valence-corrected chi connectivity index (χ4v) is 7.30. The number of benzene rings is 1. The van der Waals surface area contributed by atoms with E-state index in [1.165, 1.54) is 6.20 Å². The highest BCUT2D eigenvalue weighted by atomic mass is 35.5. The molecular formula is C24H21Cl2F2N5O4S. The number of hydrogen-bond acceptors (Lipinski definition) is 7. The Morgan fingerprint density at radius 1 is 1.21 bits per heavy atom. The van der Waals surface area contributed by atoms with Crippen molar-refractivity contribution in [1.29, 1.82) is 5.26 Å². The van der Waals surface area contributed by atoms with Gasteiger partial charge in [-0.15, -0.1) is 0 Å². The third-order valence-corrected chi connectivity index (χ3v) is 10.1. The molecule has 0 spiro atoms. The van der Waals surface area contributed by atoms with Gasteiger partial charge in [0.25, 0.3) is 0 Å². The summed E-state index contributed by atoms with van der Waals surface area (Å²) < 4.78 is 55.5. The summed E-state index contributed by atoms with van der Waals surface area (Å²) in [6.07, 6.45) is 1.88. The predicted molar refractivity (Wildman–Crippen MR) is 132 cm³/mol. The van der Waals surface area contributed by atoms with Gasteiger partial charge >= 0.3 is 0 Å². The summed E-state index contributed by atoms with van der Waals surface area (Å²) in [5.41, 5.74) is -2.92. The second-order valence-electron chi connectivity index (χ2n) is 9.70. The first-order chi connectivity index (χ1) is 17.9. The molecule has 14 heteroatoms. The van der Waals surface area contributed by atoms with Crippen molar-refractivity contribution >= 4 is 44.9 Å². The van der Waals surface area contributed by atoms with Gasteiger partial charge in [0.2, 0.25) is 11.8 Å². The molecule has 1 saturated carbocycles. The van der Waals surface area contributed by atoms with Crippen molar-refractivity contribution in [2.75, 3.05) is 13.1 Å². The number of carbonyl (C=O) groups is 2. The molecule has 3 heterocycles. The van der Waals surface area contributed by atoms with E-state index >= 15 is 0 Å². The molecule has 1 aromatic heterocycles. The van der Waals surface area contributed by atoms with Gasteiger partial charge < -0.3 is 10.2 Å². The SMILES string of the molecule is N#CC1(NC(=O)C2CC(S(=O)(=O)c3ccc(F)cc3Cl)CN2C(=O)C2(c3ncc(Cl)cc3F)CCN2)CC1. The van der Waals surface area contributed by atoms with E-state index in [-0.39, 0.29) is 33.5 Å². The summed E-state index contributed by atoms with van der Waals surface area (Å²) in [4.78, 5) is 32.1. The number of sulfone groups is 1. The normalized spacial score (nSPS) is 25.8. The van der Waals surface area contributed by atoms with Crippen molar-refractivity contribution in [3.05, 3.63) is 57.8 Å². The van der Waals surface area contributed by atoms with Gasteiger partial charge in [0.15, 0.2) is 9.84 Å². The molecule has 2 N–H and O–H groups in total. The first kappa shape index (κ1) is 26.7. The summed E-state index contributed by atoms with van der Waals surface area (Å²) in [6, 6.07) is 4.62. The number of pyridine rings is 1. The Hall–Kier alpha value is -2.85. The number of likely N-dealkylation sites (tertiary alicyclic amines) is 1. The summed E-state index contributed by atoms with van der Waals surface area (Å²) in [6.45, 7) is -0.0597. The van der Waals surface area contributed by atoms with Crippen LogP contribution in [0.1, 0.15) is 31.4 Å². The van der Waals surface area contributed by atoms with Gasteiger partial charge in [-0.05, 0) is 56.5 Å². The second-order valence-corrected chi connectivity index (χ2v) is 12.7. The monoisotopic (exact) mass is 583 g/mol. The van der Waals surface area contributed by atoms with E-state index in [1.54, 1.807) is 0 Å². The van der Waals surface area contributed by atoms with Crippen LogP contribution >= 0.6 is 23.2 Å². The van der Waals surface area contributed by atoms with E-state index in [0.717, 1.165) is 29.2 Å². The molecule has 5 rings (SSSR count). The lowest BCUT2D eigenvalue weighted by Gasteiger charge is -2.44. The zero-order valence-corrected chi connectivity index (χ0v) is 22.0. The fourth-order valence-electron chi connectivity index (χ4n) is 4.92. The van der Waals surface area contributed by atoms with Crippen LogP contribution in [0.3, 0.4) is 0 Å². The zero-order chi connectivity index (χ0) is 27.5. The summed E-state index contributed by atoms with van der Waals surface area (Å²) in [5.74, 6) is -2.99. The van der Waals surface area contributed by atoms with E-state index in [4.69, 9.17) is 23.2 Å². The standard InChI is InChI=1S/C24H21Cl2F2N5O4S/c25-13-7-17(28)20(30-10-13)24(5-6-31-24)22(35)33-11-15(9-18(33)21(34)32-23(12-29)3-4-23)38(36,37)19-2-1-14(27)8-16(19)26/h1-2,7-8,10,15,18,31H,3-6,9,11H2,(H,32,34). The molecule has 2 aliphatic heterocycles. The zero-order valence-electron chi connectivity index (χ0n) is 19.7. The maximum Gasteiger partial charge on any atom is 0.250 e. The summed E-state index contributed by atoms with van der Waals surface area (Å²) >= 11 is 11.9. The topological polar surface area (TPSA) is 132 Å². The number of halogens is 4. The Balaban J connectivity index is 1.52. The molecule has 200 valence electrons. The number of nitrogens with zero attached hydrogens (tertiary/aromatic N) is 3. The number of nitrogens with one attached hydrogen (secondary N) is 2. The van der Waals surface area contributed by atoms with Crippen molar-refractivity contribution in [3.63, 3.8) is 0 Å². The van der Waals surface area contributed by atoms with E-state index in [9.17, 15) is 32.0 Å². The van der Waals surface area contributed by atoms with Gasteiger partial charge in [0.05, 0.1) is 26.3 Å². The van der Waals surface area contributed by atoms with Crippen molar-refractivity contribution in [1.82, 2.24) is 20.5 Å². The number of rotatable bonds is 6. The molecule has 2 aromatic rings. The molecule has 38 heavy (non-hydrogen) atoms. The predicted octanol–water partition coefficient (Wildman–Crippen LogP) is 2.47. The van der Waals surface area contributed by atoms with Gasteiger partial charge in [-0.1, -0.05) is 23.2 Å². The fraction of sp³-hybridized carbons (Fsp3) is 0.417. The number of amides is 2. The lowest BCUT2D eigenvalue weighted by molar-refractivity contribution is -0.147. The maximum absolute atomic E-state index is 14.9. The quantitative estimate of drug-likeness (QED) is 0.499. The maximum atomic E-state index is 14.9. The van der Waals surface area contributed by atoms with E-state index < -0.39 is 62.2 Å². The molecule has 3 fully saturated rings. The first-order valence-corrected chi connectivity index (χ1v) is 14.0. The minimum Gasteiger partial charge on any atom is -0.336 e. The Kier molecular flexibility index (Phi) is 6.62. The van der Waals surface area contributed by atoms with Crippen LogP contribution in [0.15, 0.2) is 35.4 Å². The average molecular weight is 584 g/mol. The molecule has 3 aliphatic rings. The van der Waals surface area contributed by atoms with Crippen LogP contribution in [0.25, 0.3) is 0 Å². The number of aromatic nitrogens is 1. The van der Waals surface area contributed by atoms with Gasteiger partial charge in [-0.25, -0.2) is 17.2 Å². The van der Waals surface area contributed by atoms with E-state index in [2.05, 4.69) is 15.6 Å². The largest absolute Gasteiger partial charge is 0.336 e. The lowest BCUT2D eigenvalue weighted by Crippen LogP contribution is -2.66. The van der Waals surface area contributed by atoms with Crippen LogP contribution in [-0.4, -0.2) is 60.0 Å². The molecule has 0 bridgehead atoms. The van der Waals surface area contributed by atoms with Crippen LogP contribution in [0.5, 0.6) is 0 Å². The highest BCUT2D eigenvalue weighted by Gasteiger charge is 2.56. The van der Waals surface area contributed by atoms with Crippen LogP contribution in [0, 0.1) is 23.0 Å². The molecule has 1 aromatic carbocycles. The average Bonchev–Trinajstić information content (AvgIpc) is 3.44. The van der Waals surface area contributed by atoms with E-state index in [0.29, 0.717) is 19.4 Å². The van der Waals surface area contributed by atoms with Crippen molar-refractivity contribution < 1.29 is 26.8 Å². The van der Waals surface area contributed by atoms with Crippen molar-refractivity contribution in [3.8, 4) is 6.07 Å². The van der Waals surface area contributed by atoms with Gasteiger partial charge in [0, 0.05) is 12.7 Å². The van der Waals surface area contributed by atoms with Crippen molar-refractivity contribution in [2.45, 2.75) is 52.9 Å². The van der Waals surface area contributed by atoms with Gasteiger partial charge in [-0.3, -0.25) is 19.9 Å². The first-order valence-electron chi connectivity index (χ1n) is 11.7. The number of carbonyl (C=O) groups excluding carboxylic acids is 2. The summed E-state index contributed by atoms with van der Waals surface area (Å²) in [5, 5.41) is 13.4. The highest BCUT2D eigenvalue weighted by Crippen LogP contribution is 2.40. The second kappa shape index (κ2) is 9.41. The Bertz CT molecular complexity index is 1490. The molecule has 1 aliphatic carbocycles. The van der Waals surface area contributed by atoms with Gasteiger partial charge in [-0.2, -0.15) is 5.26 Å². The number of nitriles is 1. The Morgan fingerprint density at radius 2 is 1.92 bits per heavy atom. The van der Waals surface area contributed by atoms with Crippen molar-refractivity contribution in [2.24, 2.45) is 0 Å². The molecular weight excluding hydrogens is 563 g/mol. The van der Waals surface area contributed by atoms with Gasteiger partial charge in [0.1, 0.15) is 34.4 Å². The lowest BCUT2D eigenvalue weighted by atomic mass is 9.82. The van der Waals surface area contributed by atoms with Crippen LogP contribution < -0.4 is 10.6 Å². The molecule has 3 unspecified atom stereocenters. The minimum atomic E-state index is -4.23. The molecule has 9 nitrogen and oxygen atoms in total. The molecule has 2 amide bonds. The summed E-state index contributed by atoms with van der Waals surface area (Å²) in [7, 11) is -4.23. The third kappa shape index (κ3) is 4.41. The smallest absolute Gasteiger partial charge is 0.250 e.